The van der Waals surface area contributed by atoms with Crippen LogP contribution in [0.3, 0.4) is 0 Å². The normalized spacial score (nSPS) is 13.1. The molecule has 0 saturated heterocycles. The van der Waals surface area contributed by atoms with Crippen LogP contribution in [0.15, 0.2) is 35.0 Å². The van der Waals surface area contributed by atoms with Gasteiger partial charge >= 0.3 is 8.56 Å². The van der Waals surface area contributed by atoms with E-state index < -0.39 is 36.8 Å². The fraction of sp³-hybridized carbons (Fsp3) is 0.481. The van der Waals surface area contributed by atoms with E-state index in [2.05, 4.69) is 56.0 Å². The van der Waals surface area contributed by atoms with Crippen molar-refractivity contribution in [3.63, 3.8) is 0 Å². The minimum atomic E-state index is -2.22. The van der Waals surface area contributed by atoms with Crippen molar-refractivity contribution in [3.8, 4) is 20.9 Å². The first-order valence-electron chi connectivity index (χ1n) is 13.5. The highest BCUT2D eigenvalue weighted by Crippen LogP contribution is 2.41. The molecule has 4 rings (SSSR count). The maximum Gasteiger partial charge on any atom is 0.314 e. The molecule has 0 fully saturated rings. The third-order valence-electron chi connectivity index (χ3n) is 6.08. The van der Waals surface area contributed by atoms with Crippen molar-refractivity contribution in [1.29, 1.82) is 0 Å². The van der Waals surface area contributed by atoms with E-state index in [1.165, 1.54) is 22.7 Å². The second kappa shape index (κ2) is 12.1. The molecule has 0 aliphatic heterocycles. The Bertz CT molecular complexity index is 1290. The molecular formula is C27H39F2N3O2S2Si3. The van der Waals surface area contributed by atoms with E-state index >= 15 is 8.78 Å². The Kier molecular flexibility index (Phi) is 9.46. The van der Waals surface area contributed by atoms with Gasteiger partial charge in [-0.1, -0.05) is 31.4 Å². The van der Waals surface area contributed by atoms with Gasteiger partial charge in [-0.3, -0.25) is 0 Å². The summed E-state index contributed by atoms with van der Waals surface area (Å²) in [5, 5.41) is 13.0. The summed E-state index contributed by atoms with van der Waals surface area (Å²) in [6, 6.07) is 8.25. The summed E-state index contributed by atoms with van der Waals surface area (Å²) < 4.78 is 44.0. The molecule has 12 heteroatoms. The van der Waals surface area contributed by atoms with Crippen molar-refractivity contribution >= 4 is 58.9 Å². The van der Waals surface area contributed by atoms with Gasteiger partial charge in [0.15, 0.2) is 28.3 Å². The Morgan fingerprint density at radius 1 is 0.718 bits per heavy atom. The first kappa shape index (κ1) is 30.4. The Hall–Kier alpha value is -1.55. The van der Waals surface area contributed by atoms with Crippen molar-refractivity contribution in [2.75, 3.05) is 0 Å². The SMILES string of the molecule is C[Si](C)(C)O[Si](C)(CCCCCCn1nc2c(-c3cccs3)c(F)c(F)c(-c3cccs3)c2n1)O[Si](C)(C)C. The largest absolute Gasteiger partial charge is 0.437 e. The van der Waals surface area contributed by atoms with Crippen LogP contribution in [0.5, 0.6) is 0 Å². The predicted molar refractivity (Wildman–Crippen MR) is 168 cm³/mol. The van der Waals surface area contributed by atoms with Crippen LogP contribution in [0.4, 0.5) is 8.78 Å². The quantitative estimate of drug-likeness (QED) is 0.110. The van der Waals surface area contributed by atoms with Gasteiger partial charge in [-0.05, 0) is 81.2 Å². The minimum absolute atomic E-state index is 0.193. The maximum absolute atomic E-state index is 15.4. The van der Waals surface area contributed by atoms with Crippen LogP contribution >= 0.6 is 22.7 Å². The summed E-state index contributed by atoms with van der Waals surface area (Å²) in [6.07, 6.45) is 4.03. The summed E-state index contributed by atoms with van der Waals surface area (Å²) >= 11 is 2.74. The van der Waals surface area contributed by atoms with Gasteiger partial charge in [-0.2, -0.15) is 15.0 Å². The Morgan fingerprint density at radius 3 is 1.59 bits per heavy atom. The highest BCUT2D eigenvalue weighted by Gasteiger charge is 2.39. The zero-order valence-electron chi connectivity index (χ0n) is 23.9. The van der Waals surface area contributed by atoms with Gasteiger partial charge in [0, 0.05) is 9.75 Å². The second-order valence-corrected chi connectivity index (χ2v) is 26.8. The molecule has 0 aliphatic carbocycles. The Labute approximate surface area is 241 Å². The number of nitrogens with zero attached hydrogens (tertiary/aromatic N) is 3. The van der Waals surface area contributed by atoms with Crippen molar-refractivity contribution in [2.24, 2.45) is 0 Å². The van der Waals surface area contributed by atoms with Gasteiger partial charge < -0.3 is 8.23 Å². The number of benzene rings is 1. The van der Waals surface area contributed by atoms with E-state index in [1.807, 2.05) is 22.9 Å². The Morgan fingerprint density at radius 2 is 1.18 bits per heavy atom. The molecule has 0 saturated carbocycles. The molecule has 5 nitrogen and oxygen atoms in total. The molecule has 1 aromatic carbocycles. The molecule has 4 aromatic rings. The van der Waals surface area contributed by atoms with E-state index in [-0.39, 0.29) is 11.1 Å². The first-order chi connectivity index (χ1) is 18.3. The second-order valence-electron chi connectivity index (χ2n) is 12.1. The predicted octanol–water partition coefficient (Wildman–Crippen LogP) is 9.50. The lowest BCUT2D eigenvalue weighted by molar-refractivity contribution is 0.379. The molecule has 0 unspecified atom stereocenters. The van der Waals surface area contributed by atoms with Gasteiger partial charge in [0.1, 0.15) is 11.0 Å². The fourth-order valence-corrected chi connectivity index (χ4v) is 19.1. The number of hydrogen-bond acceptors (Lipinski definition) is 6. The van der Waals surface area contributed by atoms with E-state index in [9.17, 15) is 0 Å². The van der Waals surface area contributed by atoms with E-state index in [0.29, 0.717) is 27.3 Å². The number of unbranched alkanes of at least 4 members (excludes halogenated alkanes) is 3. The highest BCUT2D eigenvalue weighted by atomic mass is 32.1. The van der Waals surface area contributed by atoms with Crippen LogP contribution in [0.25, 0.3) is 31.9 Å². The van der Waals surface area contributed by atoms with E-state index in [1.54, 1.807) is 16.9 Å². The molecule has 0 bridgehead atoms. The number of fused-ring (bicyclic) bond motifs is 1. The molecule has 3 heterocycles. The molecule has 0 spiro atoms. The molecule has 0 atom stereocenters. The van der Waals surface area contributed by atoms with E-state index in [4.69, 9.17) is 8.23 Å². The van der Waals surface area contributed by atoms with Crippen LogP contribution in [0, 0.1) is 11.6 Å². The standard InChI is InChI=1S/C27H39F2N3O2S2Si3/c1-37(2,3)33-39(7,34-38(4,5)6)19-11-9-8-10-16-32-30-26-22(20-14-12-17-35-20)24(28)25(29)23(27(26)31-32)21-15-13-18-36-21/h12-15,17-18H,8-11,16,19H2,1-7H3. The van der Waals surface area contributed by atoms with Crippen LogP contribution in [0.2, 0.25) is 51.9 Å². The van der Waals surface area contributed by atoms with Gasteiger partial charge in [-0.25, -0.2) is 8.78 Å². The number of halogens is 2. The average molecular weight is 624 g/mol. The number of thiophene rings is 2. The lowest BCUT2D eigenvalue weighted by Crippen LogP contribution is -2.52. The molecular weight excluding hydrogens is 585 g/mol. The summed E-state index contributed by atoms with van der Waals surface area (Å²) in [7, 11) is -5.62. The van der Waals surface area contributed by atoms with Crippen LogP contribution < -0.4 is 0 Å². The molecule has 3 aromatic heterocycles. The van der Waals surface area contributed by atoms with Crippen molar-refractivity contribution < 1.29 is 17.0 Å². The smallest absolute Gasteiger partial charge is 0.314 e. The summed E-state index contributed by atoms with van der Waals surface area (Å²) in [4.78, 5) is 2.91. The van der Waals surface area contributed by atoms with Crippen LogP contribution in [0.1, 0.15) is 25.7 Å². The number of aryl methyl sites for hydroxylation is 1. The fourth-order valence-electron chi connectivity index (χ4n) is 4.97. The maximum atomic E-state index is 15.4. The number of rotatable bonds is 13. The van der Waals surface area contributed by atoms with Gasteiger partial charge in [0.25, 0.3) is 0 Å². The lowest BCUT2D eigenvalue weighted by atomic mass is 10.0. The minimum Gasteiger partial charge on any atom is -0.437 e. The summed E-state index contributed by atoms with van der Waals surface area (Å²) in [5.41, 5.74) is 1.21. The third-order valence-corrected chi connectivity index (χ3v) is 17.5. The van der Waals surface area contributed by atoms with Crippen LogP contribution in [-0.4, -0.2) is 40.2 Å². The molecule has 212 valence electrons. The molecule has 0 aliphatic rings. The molecule has 0 amide bonds. The zero-order valence-corrected chi connectivity index (χ0v) is 28.6. The van der Waals surface area contributed by atoms with Crippen molar-refractivity contribution in [1.82, 2.24) is 15.0 Å². The van der Waals surface area contributed by atoms with Crippen molar-refractivity contribution in [3.05, 3.63) is 46.7 Å². The molecule has 39 heavy (non-hydrogen) atoms. The molecule has 0 N–H and O–H groups in total. The van der Waals surface area contributed by atoms with E-state index in [0.717, 1.165) is 31.7 Å². The molecule has 0 radical (unpaired) electrons. The topological polar surface area (TPSA) is 49.2 Å². The summed E-state index contributed by atoms with van der Waals surface area (Å²) in [6.45, 7) is 16.2. The zero-order chi connectivity index (χ0) is 28.4. The third kappa shape index (κ3) is 7.80. The average Bonchev–Trinajstić information content (AvgIpc) is 3.57. The number of aromatic nitrogens is 3. The van der Waals surface area contributed by atoms with Crippen molar-refractivity contribution in [2.45, 2.75) is 84.1 Å². The monoisotopic (exact) mass is 623 g/mol. The Balaban J connectivity index is 1.46. The van der Waals surface area contributed by atoms with Gasteiger partial charge in [-0.15, -0.1) is 22.7 Å². The number of hydrogen-bond donors (Lipinski definition) is 0. The highest BCUT2D eigenvalue weighted by molar-refractivity contribution is 7.14. The lowest BCUT2D eigenvalue weighted by Gasteiger charge is -2.38. The van der Waals surface area contributed by atoms with Crippen LogP contribution in [-0.2, 0) is 14.8 Å². The van der Waals surface area contributed by atoms with Gasteiger partial charge in [0.2, 0.25) is 0 Å². The first-order valence-corrected chi connectivity index (χ1v) is 24.6. The summed E-state index contributed by atoms with van der Waals surface area (Å²) in [5.74, 6) is -1.73. The van der Waals surface area contributed by atoms with Gasteiger partial charge in [0.05, 0.1) is 17.7 Å².